The topological polar surface area (TPSA) is 102 Å². The van der Waals surface area contributed by atoms with Crippen molar-refractivity contribution in [2.45, 2.75) is 4.90 Å². The van der Waals surface area contributed by atoms with Gasteiger partial charge in [-0.2, -0.15) is 0 Å². The first kappa shape index (κ1) is 18.1. The van der Waals surface area contributed by atoms with Gasteiger partial charge in [0.1, 0.15) is 5.01 Å². The Hall–Kier alpha value is -3.30. The summed E-state index contributed by atoms with van der Waals surface area (Å²) >= 11 is 1.44. The molecule has 0 saturated heterocycles. The molecule has 0 unspecified atom stereocenters. The molecule has 4 rings (SSSR count). The number of thiazole rings is 1. The van der Waals surface area contributed by atoms with Gasteiger partial charge >= 0.3 is 0 Å². The SMILES string of the molecule is O=[N+]([O-])c1ccccc1S(=O)(=O)Nc1ccccc1-c1nc2ccccc2s1. The van der Waals surface area contributed by atoms with E-state index in [-0.39, 0.29) is 4.90 Å². The summed E-state index contributed by atoms with van der Waals surface area (Å²) in [5, 5.41) is 11.9. The Morgan fingerprint density at radius 2 is 1.61 bits per heavy atom. The van der Waals surface area contributed by atoms with Crippen LogP contribution in [0.2, 0.25) is 0 Å². The fraction of sp³-hybridized carbons (Fsp3) is 0. The normalized spacial score (nSPS) is 11.4. The van der Waals surface area contributed by atoms with Gasteiger partial charge in [-0.3, -0.25) is 14.8 Å². The fourth-order valence-corrected chi connectivity index (χ4v) is 5.04. The van der Waals surface area contributed by atoms with Gasteiger partial charge in [-0.1, -0.05) is 36.4 Å². The van der Waals surface area contributed by atoms with Crippen LogP contribution in [0.1, 0.15) is 0 Å². The lowest BCUT2D eigenvalue weighted by Gasteiger charge is -2.11. The average Bonchev–Trinajstić information content (AvgIpc) is 3.12. The van der Waals surface area contributed by atoms with Crippen molar-refractivity contribution in [2.75, 3.05) is 4.72 Å². The van der Waals surface area contributed by atoms with Crippen LogP contribution in [0.4, 0.5) is 11.4 Å². The molecule has 1 aromatic heterocycles. The second kappa shape index (κ2) is 7.02. The van der Waals surface area contributed by atoms with Gasteiger partial charge in [0.05, 0.1) is 20.8 Å². The first-order valence-electron chi connectivity index (χ1n) is 8.17. The van der Waals surface area contributed by atoms with Crippen molar-refractivity contribution in [3.05, 3.63) is 82.9 Å². The Morgan fingerprint density at radius 1 is 0.929 bits per heavy atom. The summed E-state index contributed by atoms with van der Waals surface area (Å²) in [6, 6.07) is 19.7. The number of anilines is 1. The van der Waals surface area contributed by atoms with Crippen molar-refractivity contribution < 1.29 is 13.3 Å². The zero-order chi connectivity index (χ0) is 19.7. The molecule has 0 saturated carbocycles. The van der Waals surface area contributed by atoms with Crippen molar-refractivity contribution in [3.63, 3.8) is 0 Å². The van der Waals surface area contributed by atoms with Gasteiger partial charge in [0, 0.05) is 11.6 Å². The summed E-state index contributed by atoms with van der Waals surface area (Å²) < 4.78 is 29.2. The number of para-hydroxylation sites is 3. The van der Waals surface area contributed by atoms with Crippen LogP contribution >= 0.6 is 11.3 Å². The van der Waals surface area contributed by atoms with Crippen molar-refractivity contribution in [1.29, 1.82) is 0 Å². The Bertz CT molecular complexity index is 1270. The number of nitrogens with one attached hydrogen (secondary N) is 1. The summed E-state index contributed by atoms with van der Waals surface area (Å²) in [5.74, 6) is 0. The van der Waals surface area contributed by atoms with Gasteiger partial charge in [0.2, 0.25) is 0 Å². The van der Waals surface area contributed by atoms with E-state index in [4.69, 9.17) is 0 Å². The van der Waals surface area contributed by atoms with Crippen molar-refractivity contribution >= 4 is 43.0 Å². The van der Waals surface area contributed by atoms with E-state index in [0.717, 1.165) is 16.3 Å². The van der Waals surface area contributed by atoms with Crippen LogP contribution in [0.3, 0.4) is 0 Å². The highest BCUT2D eigenvalue weighted by atomic mass is 32.2. The minimum atomic E-state index is -4.16. The Kier molecular flexibility index (Phi) is 4.54. The van der Waals surface area contributed by atoms with E-state index in [1.807, 2.05) is 24.3 Å². The molecule has 140 valence electrons. The quantitative estimate of drug-likeness (QED) is 0.380. The third-order valence-corrected chi connectivity index (χ3v) is 6.53. The summed E-state index contributed by atoms with van der Waals surface area (Å²) in [7, 11) is -4.16. The van der Waals surface area contributed by atoms with E-state index in [2.05, 4.69) is 9.71 Å². The van der Waals surface area contributed by atoms with Gasteiger partial charge in [-0.05, 0) is 30.3 Å². The van der Waals surface area contributed by atoms with Gasteiger partial charge in [0.15, 0.2) is 4.90 Å². The zero-order valence-electron chi connectivity index (χ0n) is 14.3. The van der Waals surface area contributed by atoms with E-state index in [9.17, 15) is 18.5 Å². The number of nitrogens with zero attached hydrogens (tertiary/aromatic N) is 2. The highest BCUT2D eigenvalue weighted by molar-refractivity contribution is 7.92. The number of benzene rings is 3. The fourth-order valence-electron chi connectivity index (χ4n) is 2.78. The molecule has 4 aromatic rings. The first-order valence-corrected chi connectivity index (χ1v) is 10.5. The molecule has 1 heterocycles. The van der Waals surface area contributed by atoms with Crippen molar-refractivity contribution in [1.82, 2.24) is 4.98 Å². The van der Waals surface area contributed by atoms with E-state index >= 15 is 0 Å². The number of hydrogen-bond acceptors (Lipinski definition) is 6. The molecule has 0 aliphatic carbocycles. The standard InChI is InChI=1S/C19H13N3O4S2/c23-22(24)16-10-4-6-12-18(16)28(25,26)21-14-8-2-1-7-13(14)19-20-15-9-3-5-11-17(15)27-19/h1-12,21H. The van der Waals surface area contributed by atoms with Crippen molar-refractivity contribution in [3.8, 4) is 10.6 Å². The number of nitro benzene ring substituents is 1. The van der Waals surface area contributed by atoms with Gasteiger partial charge in [0.25, 0.3) is 15.7 Å². The molecule has 0 radical (unpaired) electrons. The maximum atomic E-state index is 12.8. The zero-order valence-corrected chi connectivity index (χ0v) is 15.9. The summed E-state index contributed by atoms with van der Waals surface area (Å²) in [5.41, 5.74) is 1.25. The number of hydrogen-bond donors (Lipinski definition) is 1. The van der Waals surface area contributed by atoms with Crippen LogP contribution in [-0.4, -0.2) is 18.3 Å². The van der Waals surface area contributed by atoms with Crippen LogP contribution in [0, 0.1) is 10.1 Å². The third kappa shape index (κ3) is 3.32. The van der Waals surface area contributed by atoms with Gasteiger partial charge < -0.3 is 0 Å². The van der Waals surface area contributed by atoms with Crippen LogP contribution < -0.4 is 4.72 Å². The summed E-state index contributed by atoms with van der Waals surface area (Å²) in [6.45, 7) is 0. The molecular formula is C19H13N3O4S2. The minimum absolute atomic E-state index is 0.305. The van der Waals surface area contributed by atoms with E-state index in [0.29, 0.717) is 16.3 Å². The molecular weight excluding hydrogens is 398 g/mol. The molecule has 0 amide bonds. The van der Waals surface area contributed by atoms with E-state index in [1.165, 1.54) is 29.5 Å². The Balaban J connectivity index is 1.78. The molecule has 0 spiro atoms. The third-order valence-electron chi connectivity index (χ3n) is 4.05. The number of nitro groups is 1. The molecule has 0 atom stereocenters. The number of sulfonamides is 1. The molecule has 3 aromatic carbocycles. The van der Waals surface area contributed by atoms with Crippen LogP contribution in [0.25, 0.3) is 20.8 Å². The van der Waals surface area contributed by atoms with Gasteiger partial charge in [-0.15, -0.1) is 11.3 Å². The molecule has 0 aliphatic rings. The summed E-state index contributed by atoms with van der Waals surface area (Å²) in [6.07, 6.45) is 0. The average molecular weight is 411 g/mol. The Morgan fingerprint density at radius 3 is 2.39 bits per heavy atom. The van der Waals surface area contributed by atoms with E-state index < -0.39 is 20.6 Å². The number of fused-ring (bicyclic) bond motifs is 1. The second-order valence-corrected chi connectivity index (χ2v) is 8.54. The van der Waals surface area contributed by atoms with Crippen LogP contribution in [-0.2, 0) is 10.0 Å². The largest absolute Gasteiger partial charge is 0.289 e. The molecule has 28 heavy (non-hydrogen) atoms. The highest BCUT2D eigenvalue weighted by Gasteiger charge is 2.26. The molecule has 1 N–H and O–H groups in total. The predicted octanol–water partition coefficient (Wildman–Crippen LogP) is 4.67. The molecule has 7 nitrogen and oxygen atoms in total. The number of rotatable bonds is 5. The molecule has 9 heteroatoms. The van der Waals surface area contributed by atoms with E-state index in [1.54, 1.807) is 24.3 Å². The maximum Gasteiger partial charge on any atom is 0.289 e. The van der Waals surface area contributed by atoms with Crippen LogP contribution in [0.5, 0.6) is 0 Å². The maximum absolute atomic E-state index is 12.8. The highest BCUT2D eigenvalue weighted by Crippen LogP contribution is 2.35. The smallest absolute Gasteiger partial charge is 0.279 e. The predicted molar refractivity (Wildman–Crippen MR) is 109 cm³/mol. The van der Waals surface area contributed by atoms with Crippen LogP contribution in [0.15, 0.2) is 77.7 Å². The van der Waals surface area contributed by atoms with Gasteiger partial charge in [-0.25, -0.2) is 13.4 Å². The second-order valence-electron chi connectivity index (χ2n) is 5.86. The summed E-state index contributed by atoms with van der Waals surface area (Å²) in [4.78, 5) is 14.7. The first-order chi connectivity index (χ1) is 13.5. The molecule has 0 fully saturated rings. The lowest BCUT2D eigenvalue weighted by molar-refractivity contribution is -0.387. The monoisotopic (exact) mass is 411 g/mol. The lowest BCUT2D eigenvalue weighted by atomic mass is 10.2. The van der Waals surface area contributed by atoms with Crippen molar-refractivity contribution in [2.24, 2.45) is 0 Å². The Labute approximate surface area is 164 Å². The number of aromatic nitrogens is 1. The minimum Gasteiger partial charge on any atom is -0.279 e. The molecule has 0 aliphatic heterocycles. The lowest BCUT2D eigenvalue weighted by Crippen LogP contribution is -2.15. The molecule has 0 bridgehead atoms.